The summed E-state index contributed by atoms with van der Waals surface area (Å²) in [6.07, 6.45) is 2.15. The van der Waals surface area contributed by atoms with Gasteiger partial charge in [-0.05, 0) is 31.0 Å². The van der Waals surface area contributed by atoms with Crippen LogP contribution in [-0.2, 0) is 15.6 Å². The minimum atomic E-state index is -3.87. The highest BCUT2D eigenvalue weighted by Crippen LogP contribution is 2.40. The molecule has 8 nitrogen and oxygen atoms in total. The van der Waals surface area contributed by atoms with Gasteiger partial charge in [0.25, 0.3) is 5.89 Å². The van der Waals surface area contributed by atoms with Gasteiger partial charge < -0.3 is 9.63 Å². The molecule has 1 aliphatic carbocycles. The third kappa shape index (κ3) is 2.89. The van der Waals surface area contributed by atoms with Crippen molar-refractivity contribution < 1.29 is 18.0 Å². The Hall–Kier alpha value is -1.99. The van der Waals surface area contributed by atoms with Crippen LogP contribution in [0.1, 0.15) is 42.5 Å². The molecule has 1 aromatic carbocycles. The normalized spacial score (nSPS) is 23.9. The van der Waals surface area contributed by atoms with E-state index in [4.69, 9.17) is 21.4 Å². The van der Waals surface area contributed by atoms with Gasteiger partial charge in [0, 0.05) is 18.9 Å². The summed E-state index contributed by atoms with van der Waals surface area (Å²) >= 11 is 5.94. The molecule has 26 heavy (non-hydrogen) atoms. The van der Waals surface area contributed by atoms with Gasteiger partial charge in [-0.1, -0.05) is 16.8 Å². The van der Waals surface area contributed by atoms with Crippen LogP contribution in [0.15, 0.2) is 27.6 Å². The molecule has 2 aromatic rings. The topological polar surface area (TPSA) is 120 Å². The average molecular weight is 395 g/mol. The zero-order valence-corrected chi connectivity index (χ0v) is 15.2. The first-order chi connectivity index (χ1) is 12.3. The Kier molecular flexibility index (Phi) is 4.04. The molecule has 1 saturated heterocycles. The van der Waals surface area contributed by atoms with Crippen molar-refractivity contribution in [1.82, 2.24) is 14.4 Å². The van der Waals surface area contributed by atoms with Crippen LogP contribution in [0.4, 0.5) is 0 Å². The molecule has 0 bridgehead atoms. The summed E-state index contributed by atoms with van der Waals surface area (Å²) in [6.45, 7) is -0.0726. The van der Waals surface area contributed by atoms with E-state index in [0.717, 1.165) is 17.1 Å². The van der Waals surface area contributed by atoms with Crippen molar-refractivity contribution in [2.45, 2.75) is 35.7 Å². The fourth-order valence-corrected chi connectivity index (χ4v) is 4.77. The first-order valence-electron chi connectivity index (χ1n) is 8.10. The quantitative estimate of drug-likeness (QED) is 0.838. The van der Waals surface area contributed by atoms with E-state index < -0.39 is 15.6 Å². The van der Waals surface area contributed by atoms with Gasteiger partial charge in [-0.25, -0.2) is 8.42 Å². The number of nitrogens with zero attached hydrogens (tertiary/aromatic N) is 4. The van der Waals surface area contributed by atoms with Gasteiger partial charge in [-0.2, -0.15) is 14.6 Å². The largest absolute Gasteiger partial charge is 0.379 e. The molecule has 1 atom stereocenters. The number of hydrogen-bond donors (Lipinski definition) is 1. The van der Waals surface area contributed by atoms with Crippen molar-refractivity contribution in [3.05, 3.63) is 40.5 Å². The van der Waals surface area contributed by atoms with Crippen LogP contribution < -0.4 is 0 Å². The van der Waals surface area contributed by atoms with Crippen molar-refractivity contribution in [3.8, 4) is 6.07 Å². The first kappa shape index (κ1) is 17.4. The van der Waals surface area contributed by atoms with Crippen LogP contribution in [0.3, 0.4) is 0 Å². The SMILES string of the molecule is N#Cc1ccc(S(=O)(=O)N2CCC(O)(c3nc(C4CC4)no3)C2)cc1Cl. The highest BCUT2D eigenvalue weighted by atomic mass is 35.5. The molecule has 1 aliphatic heterocycles. The Bertz CT molecular complexity index is 1010. The van der Waals surface area contributed by atoms with E-state index in [9.17, 15) is 13.5 Å². The van der Waals surface area contributed by atoms with Crippen LogP contribution in [0.25, 0.3) is 0 Å². The fraction of sp³-hybridized carbons (Fsp3) is 0.438. The van der Waals surface area contributed by atoms with Gasteiger partial charge in [0.2, 0.25) is 10.0 Å². The second kappa shape index (κ2) is 6.03. The molecule has 2 fully saturated rings. The number of β-amino-alcohol motifs (C(OH)–C–C–N with tert-alkyl or cyclic N) is 1. The summed E-state index contributed by atoms with van der Waals surface area (Å²) in [5.74, 6) is 0.890. The van der Waals surface area contributed by atoms with Crippen molar-refractivity contribution in [1.29, 1.82) is 5.26 Å². The number of aromatic nitrogens is 2. The summed E-state index contributed by atoms with van der Waals surface area (Å²) < 4.78 is 32.0. The predicted molar refractivity (Wildman–Crippen MR) is 89.7 cm³/mol. The standard InChI is InChI=1S/C16H15ClN4O4S/c17-13-7-12(4-3-11(13)8-18)26(23,24)21-6-5-16(22,9-21)15-19-14(20-25-15)10-1-2-10/h3-4,7,10,22H,1-2,5-6,9H2. The molecule has 1 aromatic heterocycles. The summed E-state index contributed by atoms with van der Waals surface area (Å²) in [7, 11) is -3.87. The molecule has 0 radical (unpaired) electrons. The highest BCUT2D eigenvalue weighted by molar-refractivity contribution is 7.89. The van der Waals surface area contributed by atoms with Crippen LogP contribution in [0.2, 0.25) is 5.02 Å². The molecule has 2 aliphatic rings. The van der Waals surface area contributed by atoms with Crippen molar-refractivity contribution in [3.63, 3.8) is 0 Å². The summed E-state index contributed by atoms with van der Waals surface area (Å²) in [5, 5.41) is 23.7. The van der Waals surface area contributed by atoms with E-state index in [-0.39, 0.29) is 46.8 Å². The van der Waals surface area contributed by atoms with E-state index >= 15 is 0 Å². The molecule has 136 valence electrons. The lowest BCUT2D eigenvalue weighted by atomic mass is 10.0. The number of aliphatic hydroxyl groups is 1. The van der Waals surface area contributed by atoms with E-state index in [2.05, 4.69) is 10.1 Å². The molecule has 0 spiro atoms. The Morgan fingerprint density at radius 3 is 2.85 bits per heavy atom. The fourth-order valence-electron chi connectivity index (χ4n) is 2.97. The monoisotopic (exact) mass is 394 g/mol. The Balaban J connectivity index is 1.58. The maximum absolute atomic E-state index is 12.8. The van der Waals surface area contributed by atoms with E-state index in [0.29, 0.717) is 5.82 Å². The minimum Gasteiger partial charge on any atom is -0.379 e. The van der Waals surface area contributed by atoms with E-state index in [1.807, 2.05) is 6.07 Å². The third-order valence-electron chi connectivity index (χ3n) is 4.69. The van der Waals surface area contributed by atoms with Gasteiger partial charge in [-0.3, -0.25) is 0 Å². The van der Waals surface area contributed by atoms with Crippen molar-refractivity contribution in [2.24, 2.45) is 0 Å². The molecular weight excluding hydrogens is 380 g/mol. The molecule has 1 unspecified atom stereocenters. The van der Waals surface area contributed by atoms with Crippen LogP contribution in [0, 0.1) is 11.3 Å². The second-order valence-corrected chi connectivity index (χ2v) is 8.95. The number of hydrogen-bond acceptors (Lipinski definition) is 7. The molecule has 4 rings (SSSR count). The van der Waals surface area contributed by atoms with Gasteiger partial charge >= 0.3 is 0 Å². The van der Waals surface area contributed by atoms with E-state index in [1.165, 1.54) is 18.2 Å². The number of sulfonamides is 1. The third-order valence-corrected chi connectivity index (χ3v) is 6.85. The Morgan fingerprint density at radius 2 is 2.19 bits per heavy atom. The van der Waals surface area contributed by atoms with Crippen LogP contribution in [0.5, 0.6) is 0 Å². The zero-order valence-electron chi connectivity index (χ0n) is 13.6. The van der Waals surface area contributed by atoms with Crippen molar-refractivity contribution >= 4 is 21.6 Å². The summed E-state index contributed by atoms with van der Waals surface area (Å²) in [5.41, 5.74) is -1.31. The minimum absolute atomic E-state index is 0.0325. The molecule has 1 N–H and O–H groups in total. The first-order valence-corrected chi connectivity index (χ1v) is 9.91. The van der Waals surface area contributed by atoms with Crippen molar-refractivity contribution in [2.75, 3.05) is 13.1 Å². The Labute approximate surface area is 155 Å². The number of halogens is 1. The average Bonchev–Trinajstić information content (AvgIpc) is 3.18. The van der Waals surface area contributed by atoms with Gasteiger partial charge in [0.15, 0.2) is 11.4 Å². The second-order valence-electron chi connectivity index (χ2n) is 6.61. The number of rotatable bonds is 4. The van der Waals surface area contributed by atoms with Crippen LogP contribution >= 0.6 is 11.6 Å². The van der Waals surface area contributed by atoms with E-state index in [1.54, 1.807) is 0 Å². The summed E-state index contributed by atoms with van der Waals surface area (Å²) in [6, 6.07) is 5.81. The lowest BCUT2D eigenvalue weighted by Crippen LogP contribution is -2.34. The van der Waals surface area contributed by atoms with Gasteiger partial charge in [-0.15, -0.1) is 0 Å². The van der Waals surface area contributed by atoms with Gasteiger partial charge in [0.1, 0.15) is 6.07 Å². The van der Waals surface area contributed by atoms with Crippen LogP contribution in [-0.4, -0.2) is 41.1 Å². The maximum atomic E-state index is 12.8. The smallest absolute Gasteiger partial charge is 0.260 e. The molecular formula is C16H15ClN4O4S. The molecule has 1 saturated carbocycles. The highest BCUT2D eigenvalue weighted by Gasteiger charge is 2.47. The lowest BCUT2D eigenvalue weighted by molar-refractivity contribution is 0.0194. The molecule has 0 amide bonds. The zero-order chi connectivity index (χ0) is 18.5. The molecule has 2 heterocycles. The number of nitriles is 1. The molecule has 10 heteroatoms. The number of benzene rings is 1. The maximum Gasteiger partial charge on any atom is 0.260 e. The van der Waals surface area contributed by atoms with Gasteiger partial charge in [0.05, 0.1) is 22.0 Å². The predicted octanol–water partition coefficient (Wildman–Crippen LogP) is 1.75. The summed E-state index contributed by atoms with van der Waals surface area (Å²) in [4.78, 5) is 4.21. The Morgan fingerprint density at radius 1 is 1.42 bits per heavy atom. The lowest BCUT2D eigenvalue weighted by Gasteiger charge is -2.19.